The quantitative estimate of drug-likeness (QED) is 0.0232. The van der Waals surface area contributed by atoms with Gasteiger partial charge in [0, 0.05) is 120 Å². The first kappa shape index (κ1) is 83.7. The van der Waals surface area contributed by atoms with Gasteiger partial charge in [0.15, 0.2) is 0 Å². The third-order valence-electron chi connectivity index (χ3n) is 21.5. The summed E-state index contributed by atoms with van der Waals surface area (Å²) >= 11 is 0. The van der Waals surface area contributed by atoms with E-state index in [2.05, 4.69) is 126 Å². The summed E-state index contributed by atoms with van der Waals surface area (Å²) in [6, 6.07) is 70.5. The van der Waals surface area contributed by atoms with Gasteiger partial charge in [-0.1, -0.05) is 139 Å². The molecule has 0 spiro atoms. The molecule has 2 heterocycles. The molecule has 20 bridgehead atoms. The van der Waals surface area contributed by atoms with E-state index in [1.54, 1.807) is 24.3 Å². The number of non-ortho nitro benzene ring substituents is 2. The van der Waals surface area contributed by atoms with Crippen molar-refractivity contribution in [3.05, 3.63) is 350 Å². The summed E-state index contributed by atoms with van der Waals surface area (Å²) < 4.78 is 72.7. The molecule has 0 saturated heterocycles. The SMILES string of the molecule is CCCOc1c2cccc1Cc1cc3cc(c1OCCC)Cc1cccc(c1OCCC)Cc1cc(cc(c1OCCC)C2)COc1cc2c(OCCC)c(c1)Cc1cc(N=Nc4ccc([N+](=O)[O-])cc4)cc(c1OCc1ccccc1)Cc1cc(cc(c1OCCC)Cc1cc(N=Nc4ccc([N+](=O)[O-])cc4)cc(c1OCc1ccccc1)C2)OC3. The van der Waals surface area contributed by atoms with Crippen LogP contribution in [0.3, 0.4) is 0 Å². The van der Waals surface area contributed by atoms with Crippen molar-refractivity contribution in [3.8, 4) is 57.5 Å². The van der Waals surface area contributed by atoms with E-state index < -0.39 is 9.85 Å². The Hall–Kier alpha value is -13.4. The summed E-state index contributed by atoms with van der Waals surface area (Å²) in [6.07, 6.45) is 7.13. The third-order valence-corrected chi connectivity index (χ3v) is 21.5. The lowest BCUT2D eigenvalue weighted by Gasteiger charge is -2.25. The van der Waals surface area contributed by atoms with Crippen molar-refractivity contribution in [2.75, 3.05) is 39.6 Å². The zero-order valence-corrected chi connectivity index (χ0v) is 70.2. The number of para-hydroxylation sites is 2. The molecule has 16 rings (SSSR count). The lowest BCUT2D eigenvalue weighted by Crippen LogP contribution is -2.12. The third kappa shape index (κ3) is 20.6. The van der Waals surface area contributed by atoms with Gasteiger partial charge in [-0.25, -0.2) is 0 Å². The number of hydrogen-bond acceptors (Lipinski definition) is 18. The molecule has 0 amide bonds. The van der Waals surface area contributed by atoms with Crippen molar-refractivity contribution < 1.29 is 57.2 Å². The molecule has 0 fully saturated rings. The maximum absolute atomic E-state index is 12.0. The Morgan fingerprint density at radius 2 is 0.508 bits per heavy atom. The van der Waals surface area contributed by atoms with Gasteiger partial charge in [-0.3, -0.25) is 20.2 Å². The molecule has 0 aromatic heterocycles. The van der Waals surface area contributed by atoms with Crippen LogP contribution in [0.4, 0.5) is 34.1 Å². The molecular weight excluding hydrogens is 1530 g/mol. The summed E-state index contributed by atoms with van der Waals surface area (Å²) in [5, 5.41) is 43.5. The highest BCUT2D eigenvalue weighted by Gasteiger charge is 2.30. The Kier molecular flexibility index (Phi) is 27.5. The smallest absolute Gasteiger partial charge is 0.269 e. The van der Waals surface area contributed by atoms with Crippen molar-refractivity contribution >= 4 is 34.1 Å². The largest absolute Gasteiger partial charge is 0.493 e. The van der Waals surface area contributed by atoms with Crippen LogP contribution in [0, 0.1) is 20.2 Å². The zero-order chi connectivity index (χ0) is 84.3. The Balaban J connectivity index is 1.05. The van der Waals surface area contributed by atoms with Crippen LogP contribution < -0.4 is 47.4 Å². The first-order chi connectivity index (χ1) is 59.8. The number of benzene rings is 12. The fourth-order valence-corrected chi connectivity index (χ4v) is 16.1. The van der Waals surface area contributed by atoms with Crippen molar-refractivity contribution in [2.45, 2.75) is 158 Å². The van der Waals surface area contributed by atoms with Crippen molar-refractivity contribution in [2.24, 2.45) is 20.5 Å². The van der Waals surface area contributed by atoms with Gasteiger partial charge in [-0.05, 0) is 202 Å². The van der Waals surface area contributed by atoms with Crippen LogP contribution in [0.25, 0.3) is 0 Å². The Morgan fingerprint density at radius 1 is 0.270 bits per heavy atom. The van der Waals surface area contributed by atoms with E-state index in [1.165, 1.54) is 24.3 Å². The van der Waals surface area contributed by atoms with Crippen LogP contribution in [0.5, 0.6) is 57.5 Å². The maximum Gasteiger partial charge on any atom is 0.269 e. The average molecular weight is 1640 g/mol. The van der Waals surface area contributed by atoms with Crippen LogP contribution in [0.15, 0.2) is 239 Å². The normalized spacial score (nSPS) is 12.8. The van der Waals surface area contributed by atoms with E-state index in [0.717, 1.165) is 160 Å². The molecule has 2 aliphatic heterocycles. The average Bonchev–Trinajstić information content (AvgIpc) is 0.743. The van der Waals surface area contributed by atoms with E-state index >= 15 is 0 Å². The number of fused-ring (bicyclic) bond motifs is 2. The minimum atomic E-state index is -0.435. The van der Waals surface area contributed by atoms with E-state index in [1.807, 2.05) is 84.9 Å². The van der Waals surface area contributed by atoms with Gasteiger partial charge in [0.1, 0.15) is 83.9 Å². The lowest BCUT2D eigenvalue weighted by molar-refractivity contribution is -0.385. The second kappa shape index (κ2) is 40.1. The molecule has 0 N–H and O–H groups in total. The summed E-state index contributed by atoms with van der Waals surface area (Å²) in [5.74, 6) is 6.79. The monoisotopic (exact) mass is 1630 g/mol. The van der Waals surface area contributed by atoms with Crippen LogP contribution in [-0.2, 0) is 77.8 Å². The van der Waals surface area contributed by atoms with E-state index in [4.69, 9.17) is 67.8 Å². The van der Waals surface area contributed by atoms with Crippen LogP contribution in [-0.4, -0.2) is 49.5 Å². The highest BCUT2D eigenvalue weighted by Crippen LogP contribution is 2.47. The maximum atomic E-state index is 12.0. The van der Waals surface area contributed by atoms with Crippen molar-refractivity contribution in [3.63, 3.8) is 0 Å². The van der Waals surface area contributed by atoms with Crippen molar-refractivity contribution in [1.29, 1.82) is 0 Å². The predicted molar refractivity (Wildman–Crippen MR) is 473 cm³/mol. The second-order valence-corrected chi connectivity index (χ2v) is 31.2. The Labute approximate surface area is 712 Å². The number of azo groups is 2. The first-order valence-electron chi connectivity index (χ1n) is 42.6. The van der Waals surface area contributed by atoms with Gasteiger partial charge in [0.2, 0.25) is 0 Å². The first-order valence-corrected chi connectivity index (χ1v) is 42.6. The van der Waals surface area contributed by atoms with Gasteiger partial charge < -0.3 is 47.4 Å². The molecule has 4 aliphatic rings. The van der Waals surface area contributed by atoms with Gasteiger partial charge >= 0.3 is 0 Å². The summed E-state index contributed by atoms with van der Waals surface area (Å²) in [7, 11) is 0. The minimum Gasteiger partial charge on any atom is -0.493 e. The summed E-state index contributed by atoms with van der Waals surface area (Å²) in [5.41, 5.74) is 19.3. The molecule has 122 heavy (non-hydrogen) atoms. The van der Waals surface area contributed by atoms with E-state index in [9.17, 15) is 20.2 Å². The molecule has 0 unspecified atom stereocenters. The standard InChI is InChI=1S/C102H102N6O14/c1-7-37-113-95-71-25-19-26-72(95)48-76-44-70-46-78(98(76)116-40-10-4)50-74-28-20-27-73(96(74)114-38-8-2)49-77-45-69(43-75(47-71)97(77)115-39-9-3)65-119-93-59-83-51-79-55-89(105-103-87-29-33-91(34-30-87)107(109)110)57-81(101(79)121-63-67-21-15-13-16-22-67)53-85-61-94(120-66-70)62-86(100(85)118-42-12-6)54-82-58-90(106-104-88-31-35-92(36-32-88)108(111)112)56-80(52-84(60-93)99(83)117-41-11-5)102(82)122-64-68-23-17-14-18-24-68/h13-36,43-46,55-62H,7-12,37-42,47-54,63-66H2,1-6H3. The number of hydrogen-bond donors (Lipinski definition) is 0. The van der Waals surface area contributed by atoms with Crippen LogP contribution in [0.2, 0.25) is 0 Å². The number of ether oxygens (including phenoxy) is 10. The van der Waals surface area contributed by atoms with E-state index in [0.29, 0.717) is 135 Å². The van der Waals surface area contributed by atoms with Gasteiger partial charge in [0.05, 0.1) is 72.2 Å². The molecule has 0 radical (unpaired) electrons. The van der Waals surface area contributed by atoms with E-state index in [-0.39, 0.29) is 63.5 Å². The molecule has 12 aromatic carbocycles. The van der Waals surface area contributed by atoms with Crippen molar-refractivity contribution in [1.82, 2.24) is 0 Å². The fourth-order valence-electron chi connectivity index (χ4n) is 16.1. The zero-order valence-electron chi connectivity index (χ0n) is 70.2. The minimum absolute atomic E-state index is 0.0706. The molecule has 0 atom stereocenters. The molecule has 20 heteroatoms. The highest BCUT2D eigenvalue weighted by atomic mass is 16.6. The van der Waals surface area contributed by atoms with Gasteiger partial charge in [-0.2, -0.15) is 20.5 Å². The second-order valence-electron chi connectivity index (χ2n) is 31.2. The topological polar surface area (TPSA) is 228 Å². The number of nitro benzene ring substituents is 2. The van der Waals surface area contributed by atoms with Crippen LogP contribution in [0.1, 0.15) is 191 Å². The lowest BCUT2D eigenvalue weighted by atomic mass is 9.89. The number of rotatable bonds is 30. The van der Waals surface area contributed by atoms with Gasteiger partial charge in [0.25, 0.3) is 11.4 Å². The summed E-state index contributed by atoms with van der Waals surface area (Å²) in [6.45, 7) is 16.0. The molecule has 12 aromatic rings. The molecule has 20 nitrogen and oxygen atoms in total. The van der Waals surface area contributed by atoms with Crippen LogP contribution >= 0.6 is 0 Å². The number of nitrogens with zero attached hydrogens (tertiary/aromatic N) is 6. The Morgan fingerprint density at radius 3 is 0.779 bits per heavy atom. The Bertz CT molecular complexity index is 5240. The molecule has 2 aliphatic carbocycles. The van der Waals surface area contributed by atoms with Gasteiger partial charge in [-0.15, -0.1) is 0 Å². The molecule has 0 saturated carbocycles. The highest BCUT2D eigenvalue weighted by molar-refractivity contribution is 5.65. The summed E-state index contributed by atoms with van der Waals surface area (Å²) in [4.78, 5) is 23.1. The molecular formula is C102H102N6O14. The fraction of sp³-hybridized carbons (Fsp3) is 0.294. The number of nitro groups is 2. The molecule has 624 valence electrons. The predicted octanol–water partition coefficient (Wildman–Crippen LogP) is 25.0.